The van der Waals surface area contributed by atoms with Gasteiger partial charge in [0.25, 0.3) is 0 Å². The van der Waals surface area contributed by atoms with Crippen LogP contribution in [0.5, 0.6) is 11.5 Å². The molecule has 8 nitrogen and oxygen atoms in total. The van der Waals surface area contributed by atoms with E-state index in [9.17, 15) is 8.42 Å². The van der Waals surface area contributed by atoms with Crippen molar-refractivity contribution in [3.05, 3.63) is 54.1 Å². The van der Waals surface area contributed by atoms with E-state index >= 15 is 0 Å². The molecule has 2 saturated heterocycles. The Kier molecular flexibility index (Phi) is 6.26. The minimum absolute atomic E-state index is 0.00248. The van der Waals surface area contributed by atoms with Crippen LogP contribution >= 0.6 is 0 Å². The van der Waals surface area contributed by atoms with Gasteiger partial charge in [0.15, 0.2) is 0 Å². The van der Waals surface area contributed by atoms with Crippen LogP contribution < -0.4 is 14.2 Å². The van der Waals surface area contributed by atoms with Gasteiger partial charge in [0, 0.05) is 6.07 Å². The number of methoxy groups -OCH3 is 2. The largest absolute Gasteiger partial charge is 0.497 e. The van der Waals surface area contributed by atoms with Crippen LogP contribution in [0.4, 0.5) is 0 Å². The average Bonchev–Trinajstić information content (AvgIpc) is 3.35. The van der Waals surface area contributed by atoms with Crippen molar-refractivity contribution in [1.29, 1.82) is 0 Å². The molecule has 30 heavy (non-hydrogen) atoms. The standard InChI is InChI=1S/C21H25NO7S/c1-25-15-8-9-17(26-2)19(10-15)30(23,24)22-16-12-28-21-18(13-29-20(16)21)27-11-14-6-4-3-5-7-14/h3-10,16,18,20-22H,11-13H2,1-2H3/t16-,18-,20-,21+/m1/s1. The van der Waals surface area contributed by atoms with Gasteiger partial charge in [0.05, 0.1) is 40.1 Å². The second-order valence-electron chi connectivity index (χ2n) is 7.18. The van der Waals surface area contributed by atoms with Crippen LogP contribution in [0.2, 0.25) is 0 Å². The van der Waals surface area contributed by atoms with Crippen LogP contribution in [0, 0.1) is 0 Å². The van der Waals surface area contributed by atoms with Gasteiger partial charge in [0.2, 0.25) is 10.0 Å². The van der Waals surface area contributed by atoms with Gasteiger partial charge in [-0.05, 0) is 17.7 Å². The van der Waals surface area contributed by atoms with Gasteiger partial charge >= 0.3 is 0 Å². The third-order valence-electron chi connectivity index (χ3n) is 5.28. The predicted octanol–water partition coefficient (Wildman–Crippen LogP) is 1.73. The minimum Gasteiger partial charge on any atom is -0.497 e. The van der Waals surface area contributed by atoms with Gasteiger partial charge in [-0.1, -0.05) is 30.3 Å². The molecule has 2 aromatic carbocycles. The number of hydrogen-bond acceptors (Lipinski definition) is 7. The first-order valence-corrected chi connectivity index (χ1v) is 11.1. The summed E-state index contributed by atoms with van der Waals surface area (Å²) >= 11 is 0. The Morgan fingerprint density at radius 3 is 2.50 bits per heavy atom. The van der Waals surface area contributed by atoms with Crippen LogP contribution in [-0.2, 0) is 30.8 Å². The fourth-order valence-corrected chi connectivity index (χ4v) is 5.16. The molecule has 0 spiro atoms. The van der Waals surface area contributed by atoms with Crippen LogP contribution in [0.1, 0.15) is 5.56 Å². The zero-order chi connectivity index (χ0) is 21.1. The van der Waals surface area contributed by atoms with Crippen LogP contribution in [-0.4, -0.2) is 60.2 Å². The normalized spacial score (nSPS) is 25.8. The third-order valence-corrected chi connectivity index (χ3v) is 6.79. The summed E-state index contributed by atoms with van der Waals surface area (Å²) in [7, 11) is -0.990. The highest BCUT2D eigenvalue weighted by Gasteiger charge is 2.49. The lowest BCUT2D eigenvalue weighted by Crippen LogP contribution is -2.44. The lowest BCUT2D eigenvalue weighted by atomic mass is 10.1. The molecule has 9 heteroatoms. The highest BCUT2D eigenvalue weighted by Crippen LogP contribution is 2.32. The Hall–Kier alpha value is -2.17. The molecule has 1 N–H and O–H groups in total. The van der Waals surface area contributed by atoms with E-state index in [1.54, 1.807) is 12.1 Å². The van der Waals surface area contributed by atoms with E-state index in [0.29, 0.717) is 19.0 Å². The maximum absolute atomic E-state index is 13.0. The van der Waals surface area contributed by atoms with Crippen LogP contribution in [0.3, 0.4) is 0 Å². The number of rotatable bonds is 8. The molecule has 2 fully saturated rings. The Balaban J connectivity index is 1.43. The van der Waals surface area contributed by atoms with Crippen molar-refractivity contribution in [1.82, 2.24) is 4.72 Å². The van der Waals surface area contributed by atoms with Crippen LogP contribution in [0.15, 0.2) is 53.4 Å². The predicted molar refractivity (Wildman–Crippen MR) is 108 cm³/mol. The summed E-state index contributed by atoms with van der Waals surface area (Å²) in [5.41, 5.74) is 1.06. The fraction of sp³-hybridized carbons (Fsp3) is 0.429. The van der Waals surface area contributed by atoms with Crippen molar-refractivity contribution in [3.63, 3.8) is 0 Å². The molecule has 0 bridgehead atoms. The first-order chi connectivity index (χ1) is 14.5. The lowest BCUT2D eigenvalue weighted by Gasteiger charge is -2.19. The Labute approximate surface area is 176 Å². The molecular weight excluding hydrogens is 410 g/mol. The number of sulfonamides is 1. The van der Waals surface area contributed by atoms with Crippen molar-refractivity contribution in [3.8, 4) is 11.5 Å². The number of hydrogen-bond donors (Lipinski definition) is 1. The van der Waals surface area contributed by atoms with E-state index in [1.165, 1.54) is 20.3 Å². The molecule has 0 radical (unpaired) electrons. The van der Waals surface area contributed by atoms with Gasteiger partial charge in [-0.2, -0.15) is 0 Å². The summed E-state index contributed by atoms with van der Waals surface area (Å²) in [5, 5.41) is 0. The molecule has 2 aliphatic rings. The van der Waals surface area contributed by atoms with Crippen molar-refractivity contribution in [2.45, 2.75) is 35.9 Å². The SMILES string of the molecule is COc1ccc(OC)c(S(=O)(=O)N[C@@H]2CO[C@@H]3[C@@H]2OC[C@H]3OCc2ccccc2)c1. The number of benzene rings is 2. The molecule has 0 aliphatic carbocycles. The zero-order valence-corrected chi connectivity index (χ0v) is 17.6. The van der Waals surface area contributed by atoms with Crippen molar-refractivity contribution >= 4 is 10.0 Å². The molecule has 0 unspecified atom stereocenters. The lowest BCUT2D eigenvalue weighted by molar-refractivity contribution is -0.0391. The fourth-order valence-electron chi connectivity index (χ4n) is 3.74. The van der Waals surface area contributed by atoms with Crippen molar-refractivity contribution < 1.29 is 32.1 Å². The Morgan fingerprint density at radius 2 is 1.77 bits per heavy atom. The van der Waals surface area contributed by atoms with Gasteiger partial charge in [-0.3, -0.25) is 0 Å². The third kappa shape index (κ3) is 4.30. The first kappa shape index (κ1) is 21.1. The maximum Gasteiger partial charge on any atom is 0.244 e. The van der Waals surface area contributed by atoms with E-state index < -0.39 is 22.2 Å². The molecule has 4 rings (SSSR count). The summed E-state index contributed by atoms with van der Waals surface area (Å²) in [4.78, 5) is 0.00248. The summed E-state index contributed by atoms with van der Waals surface area (Å²) in [6, 6.07) is 13.9. The number of nitrogens with one attached hydrogen (secondary N) is 1. The van der Waals surface area contributed by atoms with Crippen LogP contribution in [0.25, 0.3) is 0 Å². The number of ether oxygens (including phenoxy) is 5. The van der Waals surface area contributed by atoms with Gasteiger partial charge in [0.1, 0.15) is 34.7 Å². The minimum atomic E-state index is -3.89. The van der Waals surface area contributed by atoms with Crippen molar-refractivity contribution in [2.24, 2.45) is 0 Å². The second-order valence-corrected chi connectivity index (χ2v) is 8.86. The molecule has 2 heterocycles. The average molecular weight is 435 g/mol. The van der Waals surface area contributed by atoms with E-state index in [1.807, 2.05) is 30.3 Å². The highest BCUT2D eigenvalue weighted by atomic mass is 32.2. The molecule has 2 aromatic rings. The number of fused-ring (bicyclic) bond motifs is 1. The molecule has 2 aliphatic heterocycles. The first-order valence-electron chi connectivity index (χ1n) is 9.65. The second kappa shape index (κ2) is 8.91. The van der Waals surface area contributed by atoms with E-state index in [0.717, 1.165) is 5.56 Å². The smallest absolute Gasteiger partial charge is 0.244 e. The summed E-state index contributed by atoms with van der Waals surface area (Å²) in [6.07, 6.45) is -0.998. The monoisotopic (exact) mass is 435 g/mol. The molecular formula is C21H25NO7S. The summed E-state index contributed by atoms with van der Waals surface area (Å²) < 4.78 is 56.8. The zero-order valence-electron chi connectivity index (χ0n) is 16.8. The summed E-state index contributed by atoms with van der Waals surface area (Å²) in [5.74, 6) is 0.651. The molecule has 0 aromatic heterocycles. The summed E-state index contributed by atoms with van der Waals surface area (Å²) in [6.45, 7) is 0.994. The van der Waals surface area contributed by atoms with Crippen molar-refractivity contribution in [2.75, 3.05) is 27.4 Å². The Bertz CT molecular complexity index is 967. The molecule has 162 valence electrons. The van der Waals surface area contributed by atoms with E-state index in [4.69, 9.17) is 23.7 Å². The van der Waals surface area contributed by atoms with Gasteiger partial charge in [-0.25, -0.2) is 13.1 Å². The highest BCUT2D eigenvalue weighted by molar-refractivity contribution is 7.89. The maximum atomic E-state index is 13.0. The Morgan fingerprint density at radius 1 is 1.00 bits per heavy atom. The van der Waals surface area contributed by atoms with Gasteiger partial charge in [-0.15, -0.1) is 0 Å². The molecule has 4 atom stereocenters. The molecule has 0 amide bonds. The molecule has 0 saturated carbocycles. The van der Waals surface area contributed by atoms with Gasteiger partial charge < -0.3 is 23.7 Å². The topological polar surface area (TPSA) is 92.3 Å². The van der Waals surface area contributed by atoms with E-state index in [2.05, 4.69) is 4.72 Å². The quantitative estimate of drug-likeness (QED) is 0.675. The van der Waals surface area contributed by atoms with E-state index in [-0.39, 0.29) is 29.5 Å².